The average Bonchev–Trinajstić information content (AvgIpc) is 2.30. The molecule has 0 bridgehead atoms. The second-order valence-corrected chi connectivity index (χ2v) is 4.64. The number of hydrogen-bond donors (Lipinski definition) is 1. The van der Waals surface area contributed by atoms with Crippen molar-refractivity contribution in [1.29, 1.82) is 0 Å². The number of carbonyl (C=O) groups excluding carboxylic acids is 1. The van der Waals surface area contributed by atoms with E-state index in [0.29, 0.717) is 26.1 Å². The molecule has 0 saturated carbocycles. The number of rotatable bonds is 3. The summed E-state index contributed by atoms with van der Waals surface area (Å²) in [7, 11) is 0. The Kier molecular flexibility index (Phi) is 4.37. The van der Waals surface area contributed by atoms with Crippen LogP contribution in [0.25, 0.3) is 0 Å². The van der Waals surface area contributed by atoms with Crippen molar-refractivity contribution in [2.45, 2.75) is 45.6 Å². The molecule has 0 radical (unpaired) electrons. The molecular formula is C12H22N2O3. The van der Waals surface area contributed by atoms with Gasteiger partial charge in [-0.1, -0.05) is 0 Å². The van der Waals surface area contributed by atoms with E-state index in [1.807, 2.05) is 13.8 Å². The van der Waals surface area contributed by atoms with Crippen molar-refractivity contribution >= 4 is 12.0 Å². The normalized spacial score (nSPS) is 24.5. The molecule has 0 aromatic rings. The summed E-state index contributed by atoms with van der Waals surface area (Å²) in [5, 5.41) is 9.33. The number of carboxylic acids is 1. The van der Waals surface area contributed by atoms with E-state index in [1.54, 1.807) is 11.8 Å². The highest BCUT2D eigenvalue weighted by molar-refractivity contribution is 5.86. The van der Waals surface area contributed by atoms with Crippen molar-refractivity contribution in [3.63, 3.8) is 0 Å². The molecule has 1 unspecified atom stereocenters. The summed E-state index contributed by atoms with van der Waals surface area (Å²) < 4.78 is 0. The van der Waals surface area contributed by atoms with Crippen LogP contribution >= 0.6 is 0 Å². The van der Waals surface area contributed by atoms with Gasteiger partial charge in [-0.05, 0) is 40.0 Å². The number of carboxylic acid groups (broad SMARTS) is 1. The molecule has 1 aliphatic rings. The topological polar surface area (TPSA) is 60.9 Å². The lowest BCUT2D eigenvalue weighted by molar-refractivity contribution is -0.150. The number of urea groups is 1. The number of piperidine rings is 1. The van der Waals surface area contributed by atoms with Gasteiger partial charge in [-0.15, -0.1) is 0 Å². The zero-order valence-electron chi connectivity index (χ0n) is 10.9. The van der Waals surface area contributed by atoms with Gasteiger partial charge in [0.25, 0.3) is 0 Å². The molecule has 17 heavy (non-hydrogen) atoms. The van der Waals surface area contributed by atoms with E-state index in [1.165, 1.54) is 4.90 Å². The molecule has 98 valence electrons. The third kappa shape index (κ3) is 2.53. The summed E-state index contributed by atoms with van der Waals surface area (Å²) in [6, 6.07) is -0.153. The average molecular weight is 242 g/mol. The standard InChI is InChI=1S/C12H22N2O3/c1-4-13(5-2)11(17)14-9-7-6-8-12(14,3)10(15)16/h4-9H2,1-3H3,(H,15,16). The molecule has 1 aliphatic heterocycles. The van der Waals surface area contributed by atoms with Crippen molar-refractivity contribution in [2.75, 3.05) is 19.6 Å². The fraction of sp³-hybridized carbons (Fsp3) is 0.833. The van der Waals surface area contributed by atoms with Crippen LogP contribution < -0.4 is 0 Å². The quantitative estimate of drug-likeness (QED) is 0.820. The number of carbonyl (C=O) groups is 2. The molecule has 1 fully saturated rings. The first-order chi connectivity index (χ1) is 7.97. The number of nitrogens with zero attached hydrogens (tertiary/aromatic N) is 2. The largest absolute Gasteiger partial charge is 0.480 e. The van der Waals surface area contributed by atoms with Gasteiger partial charge in [-0.25, -0.2) is 9.59 Å². The minimum atomic E-state index is -1.04. The van der Waals surface area contributed by atoms with Gasteiger partial charge < -0.3 is 14.9 Å². The molecule has 0 aromatic heterocycles. The fourth-order valence-corrected chi connectivity index (χ4v) is 2.31. The maximum atomic E-state index is 12.3. The lowest BCUT2D eigenvalue weighted by Crippen LogP contribution is -2.60. The zero-order chi connectivity index (χ0) is 13.1. The minimum absolute atomic E-state index is 0.153. The molecule has 2 amide bonds. The van der Waals surface area contributed by atoms with Gasteiger partial charge in [0, 0.05) is 19.6 Å². The molecule has 0 spiro atoms. The summed E-state index contributed by atoms with van der Waals surface area (Å²) in [6.45, 7) is 7.23. The van der Waals surface area contributed by atoms with Gasteiger partial charge in [0.1, 0.15) is 5.54 Å². The van der Waals surface area contributed by atoms with Crippen LogP contribution in [0.15, 0.2) is 0 Å². The van der Waals surface area contributed by atoms with Gasteiger partial charge in [0.15, 0.2) is 0 Å². The van der Waals surface area contributed by atoms with Crippen LogP contribution in [0.3, 0.4) is 0 Å². The summed E-state index contributed by atoms with van der Waals surface area (Å²) in [4.78, 5) is 26.8. The predicted molar refractivity (Wildman–Crippen MR) is 64.9 cm³/mol. The SMILES string of the molecule is CCN(CC)C(=O)N1CCCCC1(C)C(=O)O. The van der Waals surface area contributed by atoms with Crippen LogP contribution in [-0.2, 0) is 4.79 Å². The van der Waals surface area contributed by atoms with Crippen molar-refractivity contribution < 1.29 is 14.7 Å². The molecular weight excluding hydrogens is 220 g/mol. The minimum Gasteiger partial charge on any atom is -0.480 e. The van der Waals surface area contributed by atoms with Gasteiger partial charge in [0.2, 0.25) is 0 Å². The first kappa shape index (κ1) is 13.8. The van der Waals surface area contributed by atoms with Crippen molar-refractivity contribution in [2.24, 2.45) is 0 Å². The molecule has 1 N–H and O–H groups in total. The lowest BCUT2D eigenvalue weighted by Gasteiger charge is -2.43. The van der Waals surface area contributed by atoms with E-state index in [2.05, 4.69) is 0 Å². The molecule has 1 atom stereocenters. The Morgan fingerprint density at radius 1 is 1.29 bits per heavy atom. The van der Waals surface area contributed by atoms with Crippen LogP contribution in [0.5, 0.6) is 0 Å². The Morgan fingerprint density at radius 2 is 1.88 bits per heavy atom. The predicted octanol–water partition coefficient (Wildman–Crippen LogP) is 1.78. The highest BCUT2D eigenvalue weighted by atomic mass is 16.4. The smallest absolute Gasteiger partial charge is 0.329 e. The Balaban J connectivity index is 2.92. The second-order valence-electron chi connectivity index (χ2n) is 4.64. The number of aliphatic carboxylic acids is 1. The molecule has 1 heterocycles. The maximum absolute atomic E-state index is 12.3. The first-order valence-electron chi connectivity index (χ1n) is 6.27. The summed E-state index contributed by atoms with van der Waals surface area (Å²) >= 11 is 0. The summed E-state index contributed by atoms with van der Waals surface area (Å²) in [5.41, 5.74) is -1.04. The van der Waals surface area contributed by atoms with Gasteiger partial charge in [-0.3, -0.25) is 0 Å². The van der Waals surface area contributed by atoms with Gasteiger partial charge >= 0.3 is 12.0 Å². The Labute approximate surface area is 102 Å². The Hall–Kier alpha value is -1.26. The lowest BCUT2D eigenvalue weighted by atomic mass is 9.89. The Morgan fingerprint density at radius 3 is 2.35 bits per heavy atom. The zero-order valence-corrected chi connectivity index (χ0v) is 10.9. The third-order valence-corrected chi connectivity index (χ3v) is 3.62. The van der Waals surface area contributed by atoms with Crippen LogP contribution in [-0.4, -0.2) is 52.1 Å². The van der Waals surface area contributed by atoms with Crippen LogP contribution in [0, 0.1) is 0 Å². The molecule has 0 aromatic carbocycles. The summed E-state index contributed by atoms with van der Waals surface area (Å²) in [6.07, 6.45) is 2.29. The van der Waals surface area contributed by atoms with E-state index >= 15 is 0 Å². The second kappa shape index (κ2) is 5.38. The molecule has 1 saturated heterocycles. The van der Waals surface area contributed by atoms with Crippen molar-refractivity contribution in [3.8, 4) is 0 Å². The van der Waals surface area contributed by atoms with Crippen LogP contribution in [0.1, 0.15) is 40.0 Å². The van der Waals surface area contributed by atoms with E-state index in [4.69, 9.17) is 0 Å². The maximum Gasteiger partial charge on any atom is 0.329 e. The highest BCUT2D eigenvalue weighted by Crippen LogP contribution is 2.29. The van der Waals surface area contributed by atoms with Crippen molar-refractivity contribution in [3.05, 3.63) is 0 Å². The number of likely N-dealkylation sites (tertiary alicyclic amines) is 1. The molecule has 1 rings (SSSR count). The Bertz CT molecular complexity index is 302. The van der Waals surface area contributed by atoms with Crippen LogP contribution in [0.4, 0.5) is 4.79 Å². The highest BCUT2D eigenvalue weighted by Gasteiger charge is 2.44. The number of hydrogen-bond acceptors (Lipinski definition) is 2. The number of amides is 2. The van der Waals surface area contributed by atoms with Crippen LogP contribution in [0.2, 0.25) is 0 Å². The van der Waals surface area contributed by atoms with E-state index < -0.39 is 11.5 Å². The molecule has 0 aliphatic carbocycles. The third-order valence-electron chi connectivity index (χ3n) is 3.62. The molecule has 5 heteroatoms. The van der Waals surface area contributed by atoms with Gasteiger partial charge in [-0.2, -0.15) is 0 Å². The van der Waals surface area contributed by atoms with Crippen molar-refractivity contribution in [1.82, 2.24) is 9.80 Å². The van der Waals surface area contributed by atoms with E-state index in [-0.39, 0.29) is 6.03 Å². The van der Waals surface area contributed by atoms with E-state index in [0.717, 1.165) is 12.8 Å². The monoisotopic (exact) mass is 242 g/mol. The molecule has 5 nitrogen and oxygen atoms in total. The summed E-state index contributed by atoms with van der Waals surface area (Å²) in [5.74, 6) is -0.905. The van der Waals surface area contributed by atoms with Gasteiger partial charge in [0.05, 0.1) is 0 Å². The van der Waals surface area contributed by atoms with E-state index in [9.17, 15) is 14.7 Å². The fourth-order valence-electron chi connectivity index (χ4n) is 2.31. The first-order valence-corrected chi connectivity index (χ1v) is 6.27.